The van der Waals surface area contributed by atoms with E-state index in [0.29, 0.717) is 0 Å². The van der Waals surface area contributed by atoms with E-state index in [4.69, 9.17) is 5.73 Å². The lowest BCUT2D eigenvalue weighted by Crippen LogP contribution is -2.45. The lowest BCUT2D eigenvalue weighted by Gasteiger charge is -2.31. The third kappa shape index (κ3) is 2.46. The van der Waals surface area contributed by atoms with E-state index in [1.54, 1.807) is 6.20 Å². The predicted octanol–water partition coefficient (Wildman–Crippen LogP) is 2.44. The summed E-state index contributed by atoms with van der Waals surface area (Å²) in [6, 6.07) is 3.59. The maximum absolute atomic E-state index is 12.5. The van der Waals surface area contributed by atoms with Gasteiger partial charge in [0.1, 0.15) is 0 Å². The third-order valence-electron chi connectivity index (χ3n) is 3.78. The monoisotopic (exact) mass is 246 g/mol. The van der Waals surface area contributed by atoms with Crippen LogP contribution in [0.3, 0.4) is 0 Å². The summed E-state index contributed by atoms with van der Waals surface area (Å²) in [5.41, 5.74) is 8.08. The van der Waals surface area contributed by atoms with Crippen molar-refractivity contribution in [2.45, 2.75) is 52.0 Å². The number of hydrogen-bond donors (Lipinski definition) is 1. The highest BCUT2D eigenvalue weighted by Crippen LogP contribution is 2.33. The van der Waals surface area contributed by atoms with Gasteiger partial charge >= 0.3 is 0 Å². The summed E-state index contributed by atoms with van der Waals surface area (Å²) >= 11 is 0. The molecule has 0 saturated heterocycles. The molecule has 2 unspecified atom stereocenters. The van der Waals surface area contributed by atoms with Crippen LogP contribution < -0.4 is 5.73 Å². The van der Waals surface area contributed by atoms with Crippen molar-refractivity contribution < 1.29 is 4.79 Å². The van der Waals surface area contributed by atoms with Crippen LogP contribution in [0.2, 0.25) is 0 Å². The molecule has 2 atom stereocenters. The number of Topliss-reactive ketones (excluding diaryl/α,β-unsaturated/α-hetero) is 1. The van der Waals surface area contributed by atoms with Crippen molar-refractivity contribution in [3.8, 4) is 0 Å². The van der Waals surface area contributed by atoms with Crippen LogP contribution in [0.5, 0.6) is 0 Å². The molecule has 0 bridgehead atoms. The van der Waals surface area contributed by atoms with Crippen molar-refractivity contribution in [3.63, 3.8) is 0 Å². The lowest BCUT2D eigenvalue weighted by molar-refractivity contribution is -0.124. The molecule has 1 aliphatic carbocycles. The van der Waals surface area contributed by atoms with Gasteiger partial charge < -0.3 is 5.73 Å². The van der Waals surface area contributed by atoms with Crippen molar-refractivity contribution in [2.24, 2.45) is 11.1 Å². The van der Waals surface area contributed by atoms with Gasteiger partial charge in [0.05, 0.1) is 17.7 Å². The molecule has 1 aromatic heterocycles. The van der Waals surface area contributed by atoms with E-state index < -0.39 is 6.04 Å². The van der Waals surface area contributed by atoms with E-state index in [1.165, 1.54) is 5.56 Å². The number of hydrogen-bond acceptors (Lipinski definition) is 3. The Morgan fingerprint density at radius 2 is 2.22 bits per heavy atom. The van der Waals surface area contributed by atoms with Gasteiger partial charge in [0.25, 0.3) is 0 Å². The van der Waals surface area contributed by atoms with Crippen molar-refractivity contribution in [1.82, 2.24) is 4.98 Å². The Kier molecular flexibility index (Phi) is 3.53. The molecule has 1 aliphatic rings. The highest BCUT2D eigenvalue weighted by Gasteiger charge is 2.35. The summed E-state index contributed by atoms with van der Waals surface area (Å²) < 4.78 is 0. The molecule has 0 saturated carbocycles. The Labute approximate surface area is 109 Å². The summed E-state index contributed by atoms with van der Waals surface area (Å²) in [6.45, 7) is 6.03. The number of nitrogens with zero attached hydrogens (tertiary/aromatic N) is 1. The smallest absolute Gasteiger partial charge is 0.159 e. The summed E-state index contributed by atoms with van der Waals surface area (Å²) in [5, 5.41) is 0. The van der Waals surface area contributed by atoms with E-state index in [1.807, 2.05) is 26.8 Å². The number of aryl methyl sites for hydroxylation is 1. The molecule has 3 heteroatoms. The quantitative estimate of drug-likeness (QED) is 0.872. The van der Waals surface area contributed by atoms with Crippen LogP contribution in [-0.4, -0.2) is 16.8 Å². The maximum atomic E-state index is 12.5. The molecule has 0 fully saturated rings. The number of carbonyl (C=O) groups excluding carboxylic acids is 1. The normalized spacial score (nSPS) is 21.2. The van der Waals surface area contributed by atoms with Gasteiger partial charge in [-0.1, -0.05) is 26.8 Å². The fourth-order valence-corrected chi connectivity index (χ4v) is 2.53. The van der Waals surface area contributed by atoms with Gasteiger partial charge in [-0.05, 0) is 36.3 Å². The van der Waals surface area contributed by atoms with Gasteiger partial charge in [0.15, 0.2) is 5.78 Å². The number of aromatic nitrogens is 1. The van der Waals surface area contributed by atoms with E-state index in [2.05, 4.69) is 11.1 Å². The molecular weight excluding hydrogens is 224 g/mol. The average Bonchev–Trinajstić information content (AvgIpc) is 2.35. The number of pyridine rings is 1. The molecule has 18 heavy (non-hydrogen) atoms. The molecule has 0 radical (unpaired) electrons. The molecule has 98 valence electrons. The summed E-state index contributed by atoms with van der Waals surface area (Å²) in [4.78, 5) is 17.0. The van der Waals surface area contributed by atoms with Crippen LogP contribution >= 0.6 is 0 Å². The first-order chi connectivity index (χ1) is 8.41. The molecular formula is C15H22N2O. The van der Waals surface area contributed by atoms with Crippen LogP contribution in [-0.2, 0) is 11.2 Å². The Morgan fingerprint density at radius 1 is 1.50 bits per heavy atom. The molecule has 0 aliphatic heterocycles. The topological polar surface area (TPSA) is 56.0 Å². The average molecular weight is 246 g/mol. The van der Waals surface area contributed by atoms with Gasteiger partial charge in [0, 0.05) is 6.20 Å². The van der Waals surface area contributed by atoms with Crippen molar-refractivity contribution in [1.29, 1.82) is 0 Å². The van der Waals surface area contributed by atoms with Crippen LogP contribution in [0, 0.1) is 5.41 Å². The number of nitrogens with two attached hydrogens (primary N) is 1. The molecule has 1 aromatic rings. The van der Waals surface area contributed by atoms with Gasteiger partial charge in [-0.25, -0.2) is 0 Å². The first kappa shape index (κ1) is 13.2. The van der Waals surface area contributed by atoms with Crippen LogP contribution in [0.15, 0.2) is 18.3 Å². The molecule has 1 heterocycles. The summed E-state index contributed by atoms with van der Waals surface area (Å²) in [7, 11) is 0. The Balaban J connectivity index is 2.28. The Hall–Kier alpha value is -1.22. The molecule has 0 spiro atoms. The highest BCUT2D eigenvalue weighted by atomic mass is 16.1. The largest absolute Gasteiger partial charge is 0.321 e. The molecule has 0 amide bonds. The van der Waals surface area contributed by atoms with Crippen molar-refractivity contribution in [2.75, 3.05) is 0 Å². The van der Waals surface area contributed by atoms with Crippen molar-refractivity contribution in [3.05, 3.63) is 29.6 Å². The van der Waals surface area contributed by atoms with E-state index >= 15 is 0 Å². The van der Waals surface area contributed by atoms with Gasteiger partial charge in [-0.15, -0.1) is 0 Å². The minimum Gasteiger partial charge on any atom is -0.321 e. The summed E-state index contributed by atoms with van der Waals surface area (Å²) in [5.74, 6) is 0.0336. The lowest BCUT2D eigenvalue weighted by atomic mass is 9.76. The van der Waals surface area contributed by atoms with Gasteiger partial charge in [0.2, 0.25) is 0 Å². The zero-order chi connectivity index (χ0) is 13.3. The van der Waals surface area contributed by atoms with E-state index in [0.717, 1.165) is 25.0 Å². The molecule has 2 rings (SSSR count). The zero-order valence-corrected chi connectivity index (χ0v) is 11.4. The second-order valence-corrected chi connectivity index (χ2v) is 6.24. The fourth-order valence-electron chi connectivity index (χ4n) is 2.53. The maximum Gasteiger partial charge on any atom is 0.159 e. The summed E-state index contributed by atoms with van der Waals surface area (Å²) in [6.07, 6.45) is 4.73. The number of fused-ring (bicyclic) bond motifs is 1. The highest BCUT2D eigenvalue weighted by molar-refractivity contribution is 5.91. The Bertz CT molecular complexity index is 448. The first-order valence-corrected chi connectivity index (χ1v) is 6.64. The second kappa shape index (κ2) is 4.81. The molecule has 0 aromatic carbocycles. The minimum absolute atomic E-state index is 0.107. The predicted molar refractivity (Wildman–Crippen MR) is 72.4 cm³/mol. The van der Waals surface area contributed by atoms with E-state index in [-0.39, 0.29) is 17.1 Å². The number of ketones is 1. The van der Waals surface area contributed by atoms with Gasteiger partial charge in [-0.3, -0.25) is 9.78 Å². The SMILES string of the molecule is CC(C)(C)C(N)C(=O)C1CCCc2cccnc21. The zero-order valence-electron chi connectivity index (χ0n) is 11.4. The van der Waals surface area contributed by atoms with Gasteiger partial charge in [-0.2, -0.15) is 0 Å². The standard InChI is InChI=1S/C15H22N2O/c1-15(2,3)14(16)13(18)11-8-4-6-10-7-5-9-17-12(10)11/h5,7,9,11,14H,4,6,8,16H2,1-3H3. The number of rotatable bonds is 2. The molecule has 2 N–H and O–H groups in total. The van der Waals surface area contributed by atoms with Crippen LogP contribution in [0.25, 0.3) is 0 Å². The first-order valence-electron chi connectivity index (χ1n) is 6.64. The second-order valence-electron chi connectivity index (χ2n) is 6.24. The van der Waals surface area contributed by atoms with Crippen LogP contribution in [0.4, 0.5) is 0 Å². The number of carbonyl (C=O) groups is 1. The fraction of sp³-hybridized carbons (Fsp3) is 0.600. The van der Waals surface area contributed by atoms with Crippen molar-refractivity contribution >= 4 is 5.78 Å². The minimum atomic E-state index is -0.421. The van der Waals surface area contributed by atoms with E-state index in [9.17, 15) is 4.79 Å². The third-order valence-corrected chi connectivity index (χ3v) is 3.78. The molecule has 3 nitrogen and oxygen atoms in total. The Morgan fingerprint density at radius 3 is 2.89 bits per heavy atom. The van der Waals surface area contributed by atoms with Crippen LogP contribution in [0.1, 0.15) is 50.8 Å².